The second-order valence-corrected chi connectivity index (χ2v) is 12.3. The zero-order valence-electron chi connectivity index (χ0n) is 20.9. The molecule has 2 atom stereocenters. The van der Waals surface area contributed by atoms with Crippen LogP contribution in [0.5, 0.6) is 0 Å². The van der Waals surface area contributed by atoms with Gasteiger partial charge in [0.05, 0.1) is 0 Å². The summed E-state index contributed by atoms with van der Waals surface area (Å²) in [5, 5.41) is 5.55. The van der Waals surface area contributed by atoms with E-state index in [-0.39, 0.29) is 18.9 Å². The Morgan fingerprint density at radius 3 is 2.06 bits per heavy atom. The van der Waals surface area contributed by atoms with E-state index >= 15 is 0 Å². The van der Waals surface area contributed by atoms with Crippen molar-refractivity contribution in [2.45, 2.75) is 57.9 Å². The summed E-state index contributed by atoms with van der Waals surface area (Å²) in [5.41, 5.74) is 1.04. The highest BCUT2D eigenvalue weighted by molar-refractivity contribution is 8.77. The Hall–Kier alpha value is -2.65. The fourth-order valence-corrected chi connectivity index (χ4v) is 6.60. The van der Waals surface area contributed by atoms with Crippen molar-refractivity contribution in [1.82, 2.24) is 10.6 Å². The third-order valence-electron chi connectivity index (χ3n) is 5.37. The molecule has 1 saturated heterocycles. The molecule has 3 rings (SSSR count). The molecule has 2 amide bonds. The molecule has 1 aliphatic rings. The summed E-state index contributed by atoms with van der Waals surface area (Å²) >= 11 is 0. The van der Waals surface area contributed by atoms with Gasteiger partial charge in [0.15, 0.2) is 0 Å². The highest BCUT2D eigenvalue weighted by Crippen LogP contribution is 2.37. The molecule has 0 radical (unpaired) electrons. The molecular formula is C27H34N2O5S2. The monoisotopic (exact) mass is 530 g/mol. The molecule has 0 aromatic heterocycles. The molecule has 7 nitrogen and oxygen atoms in total. The average Bonchev–Trinajstić information content (AvgIpc) is 3.35. The first kappa shape index (κ1) is 27.9. The average molecular weight is 531 g/mol. The lowest BCUT2D eigenvalue weighted by atomic mass is 10.0. The number of carbonyl (C=O) groups excluding carboxylic acids is 3. The lowest BCUT2D eigenvalue weighted by Crippen LogP contribution is -2.54. The van der Waals surface area contributed by atoms with Crippen LogP contribution in [-0.4, -0.2) is 47.2 Å². The molecule has 194 valence electrons. The van der Waals surface area contributed by atoms with Crippen molar-refractivity contribution in [1.29, 1.82) is 0 Å². The third kappa shape index (κ3) is 9.78. The van der Waals surface area contributed by atoms with Crippen LogP contribution in [0.4, 0.5) is 4.79 Å². The van der Waals surface area contributed by atoms with Crippen LogP contribution in [0.3, 0.4) is 0 Å². The van der Waals surface area contributed by atoms with Gasteiger partial charge in [0.2, 0.25) is 5.91 Å². The number of alkyl carbamates (subject to hydrolysis) is 1. The van der Waals surface area contributed by atoms with Crippen molar-refractivity contribution in [2.75, 3.05) is 11.5 Å². The highest BCUT2D eigenvalue weighted by atomic mass is 33.1. The van der Waals surface area contributed by atoms with Crippen molar-refractivity contribution in [2.24, 2.45) is 5.92 Å². The number of nitrogens with one attached hydrogen (secondary N) is 2. The second-order valence-electron chi connectivity index (χ2n) is 9.71. The van der Waals surface area contributed by atoms with E-state index in [0.29, 0.717) is 6.42 Å². The molecule has 2 aromatic rings. The minimum absolute atomic E-state index is 0.0872. The molecule has 2 aromatic carbocycles. The Bertz CT molecular complexity index is 992. The van der Waals surface area contributed by atoms with E-state index in [1.807, 2.05) is 60.7 Å². The van der Waals surface area contributed by atoms with Crippen LogP contribution in [0.2, 0.25) is 0 Å². The molecule has 0 spiro atoms. The molecule has 0 bridgehead atoms. The molecule has 0 aliphatic carbocycles. The molecule has 0 saturated carbocycles. The maximum atomic E-state index is 13.4. The number of hydrogen-bond donors (Lipinski definition) is 2. The highest BCUT2D eigenvalue weighted by Gasteiger charge is 2.33. The van der Waals surface area contributed by atoms with Gasteiger partial charge in [-0.3, -0.25) is 4.79 Å². The summed E-state index contributed by atoms with van der Waals surface area (Å²) in [5.74, 6) is 1.19. The predicted molar refractivity (Wildman–Crippen MR) is 144 cm³/mol. The normalized spacial score (nSPS) is 15.5. The summed E-state index contributed by atoms with van der Waals surface area (Å²) in [6, 6.07) is 17.0. The topological polar surface area (TPSA) is 93.7 Å². The molecule has 1 heterocycles. The SMILES string of the molecule is CC(C)(C)OC(=O)[C@H](CC1CSSC1)NC(=O)[C@H](Cc1ccccc1)NC(=O)OCc1ccccc1. The van der Waals surface area contributed by atoms with Gasteiger partial charge < -0.3 is 20.1 Å². The van der Waals surface area contributed by atoms with Gasteiger partial charge >= 0.3 is 12.1 Å². The minimum Gasteiger partial charge on any atom is -0.458 e. The number of hydrogen-bond acceptors (Lipinski definition) is 7. The molecule has 36 heavy (non-hydrogen) atoms. The van der Waals surface area contributed by atoms with Gasteiger partial charge in [-0.2, -0.15) is 0 Å². The molecule has 0 unspecified atom stereocenters. The predicted octanol–water partition coefficient (Wildman–Crippen LogP) is 4.75. The van der Waals surface area contributed by atoms with Crippen molar-refractivity contribution in [3.63, 3.8) is 0 Å². The van der Waals surface area contributed by atoms with Gasteiger partial charge in [-0.25, -0.2) is 9.59 Å². The quantitative estimate of drug-likeness (QED) is 0.338. The molecule has 1 aliphatic heterocycles. The Morgan fingerprint density at radius 2 is 1.47 bits per heavy atom. The standard InChI is InChI=1S/C27H34N2O5S2/c1-27(2,3)34-25(31)23(15-21-17-35-36-18-21)28-24(30)22(14-19-10-6-4-7-11-19)29-26(32)33-16-20-12-8-5-9-13-20/h4-13,21-23H,14-18H2,1-3H3,(H,28,30)(H,29,32)/t22-,23-/m0/s1. The fourth-order valence-electron chi connectivity index (χ4n) is 3.63. The van der Waals surface area contributed by atoms with Gasteiger partial charge in [0, 0.05) is 17.9 Å². The van der Waals surface area contributed by atoms with E-state index < -0.39 is 35.7 Å². The van der Waals surface area contributed by atoms with Crippen LogP contribution in [0.15, 0.2) is 60.7 Å². The molecule has 1 fully saturated rings. The number of rotatable bonds is 10. The number of ether oxygens (including phenoxy) is 2. The number of esters is 1. The van der Waals surface area contributed by atoms with Crippen molar-refractivity contribution < 1.29 is 23.9 Å². The number of carbonyl (C=O) groups is 3. The van der Waals surface area contributed by atoms with E-state index in [1.165, 1.54) is 0 Å². The van der Waals surface area contributed by atoms with Crippen molar-refractivity contribution in [3.8, 4) is 0 Å². The second kappa shape index (κ2) is 13.6. The maximum absolute atomic E-state index is 13.4. The van der Waals surface area contributed by atoms with Crippen LogP contribution in [0.25, 0.3) is 0 Å². The van der Waals surface area contributed by atoms with Crippen LogP contribution in [0.1, 0.15) is 38.3 Å². The summed E-state index contributed by atoms with van der Waals surface area (Å²) in [7, 11) is 3.53. The largest absolute Gasteiger partial charge is 0.458 e. The fraction of sp³-hybridized carbons (Fsp3) is 0.444. The van der Waals surface area contributed by atoms with Crippen LogP contribution in [0, 0.1) is 5.92 Å². The zero-order valence-corrected chi connectivity index (χ0v) is 22.5. The first-order chi connectivity index (χ1) is 17.2. The molecule has 2 N–H and O–H groups in total. The van der Waals surface area contributed by atoms with Gasteiger partial charge in [-0.15, -0.1) is 0 Å². The molecular weight excluding hydrogens is 496 g/mol. The van der Waals surface area contributed by atoms with Crippen molar-refractivity contribution >= 4 is 39.6 Å². The smallest absolute Gasteiger partial charge is 0.408 e. The minimum atomic E-state index is -0.923. The Labute approximate surface area is 220 Å². The van der Waals surface area contributed by atoms with E-state index in [9.17, 15) is 14.4 Å². The van der Waals surface area contributed by atoms with E-state index in [2.05, 4.69) is 10.6 Å². The lowest BCUT2D eigenvalue weighted by Gasteiger charge is -2.27. The molecule has 9 heteroatoms. The van der Waals surface area contributed by atoms with E-state index in [4.69, 9.17) is 9.47 Å². The van der Waals surface area contributed by atoms with Gasteiger partial charge in [0.25, 0.3) is 0 Å². The van der Waals surface area contributed by atoms with Crippen LogP contribution in [-0.2, 0) is 32.1 Å². The van der Waals surface area contributed by atoms with E-state index in [0.717, 1.165) is 22.6 Å². The summed E-state index contributed by atoms with van der Waals surface area (Å²) < 4.78 is 10.9. The van der Waals surface area contributed by atoms with Crippen LogP contribution < -0.4 is 10.6 Å². The van der Waals surface area contributed by atoms with Gasteiger partial charge in [0.1, 0.15) is 24.3 Å². The van der Waals surface area contributed by atoms with Crippen molar-refractivity contribution in [3.05, 3.63) is 71.8 Å². The van der Waals surface area contributed by atoms with Crippen LogP contribution >= 0.6 is 21.6 Å². The zero-order chi connectivity index (χ0) is 26.0. The number of amides is 2. The number of benzene rings is 2. The van der Waals surface area contributed by atoms with E-state index in [1.54, 1.807) is 42.4 Å². The lowest BCUT2D eigenvalue weighted by molar-refractivity contribution is -0.159. The third-order valence-corrected chi connectivity index (χ3v) is 8.07. The Morgan fingerprint density at radius 1 is 0.889 bits per heavy atom. The summed E-state index contributed by atoms with van der Waals surface area (Å²) in [6.45, 7) is 5.48. The maximum Gasteiger partial charge on any atom is 0.408 e. The first-order valence-corrected chi connectivity index (χ1v) is 14.5. The summed E-state index contributed by atoms with van der Waals surface area (Å²) in [6.07, 6.45) is 0.0350. The Balaban J connectivity index is 1.70. The summed E-state index contributed by atoms with van der Waals surface area (Å²) in [4.78, 5) is 39.0. The van der Waals surface area contributed by atoms with Gasteiger partial charge in [-0.05, 0) is 44.2 Å². The first-order valence-electron chi connectivity index (χ1n) is 12.0. The Kier molecular flexibility index (Phi) is 10.6. The van der Waals surface area contributed by atoms with Gasteiger partial charge in [-0.1, -0.05) is 82.3 Å².